The molecule has 0 bridgehead atoms. The lowest BCUT2D eigenvalue weighted by molar-refractivity contribution is 0.00653. The van der Waals surface area contributed by atoms with E-state index < -0.39 is 23.6 Å². The molecule has 2 rings (SSSR count). The van der Waals surface area contributed by atoms with E-state index in [1.807, 2.05) is 0 Å². The van der Waals surface area contributed by atoms with Crippen molar-refractivity contribution in [2.24, 2.45) is 10.9 Å². The molecular formula is C13H15F2N3O3. The van der Waals surface area contributed by atoms with Crippen LogP contribution in [0, 0.1) is 18.6 Å². The second-order valence-corrected chi connectivity index (χ2v) is 4.72. The molecule has 0 spiro atoms. The maximum absolute atomic E-state index is 13.8. The lowest BCUT2D eigenvalue weighted by atomic mass is 10.1. The minimum Gasteiger partial charge on any atom is -0.409 e. The van der Waals surface area contributed by atoms with E-state index in [2.05, 4.69) is 5.16 Å². The second kappa shape index (κ2) is 6.04. The van der Waals surface area contributed by atoms with E-state index >= 15 is 0 Å². The molecule has 1 fully saturated rings. The summed E-state index contributed by atoms with van der Waals surface area (Å²) in [5.74, 6) is -2.38. The van der Waals surface area contributed by atoms with Crippen molar-refractivity contribution in [3.05, 3.63) is 34.9 Å². The van der Waals surface area contributed by atoms with Crippen LogP contribution in [0.15, 0.2) is 17.3 Å². The van der Waals surface area contributed by atoms with E-state index in [9.17, 15) is 13.6 Å². The molecule has 1 amide bonds. The van der Waals surface area contributed by atoms with Crippen LogP contribution in [0.4, 0.5) is 8.78 Å². The third kappa shape index (κ3) is 3.10. The molecule has 1 aliphatic rings. The molecule has 0 radical (unpaired) electrons. The van der Waals surface area contributed by atoms with Crippen molar-refractivity contribution in [1.82, 2.24) is 4.90 Å². The summed E-state index contributed by atoms with van der Waals surface area (Å²) < 4.78 is 32.2. The van der Waals surface area contributed by atoms with E-state index in [1.54, 1.807) is 0 Å². The summed E-state index contributed by atoms with van der Waals surface area (Å²) in [5.41, 5.74) is 5.40. The molecule has 0 aliphatic carbocycles. The molecule has 0 aromatic heterocycles. The van der Waals surface area contributed by atoms with Crippen LogP contribution in [0.1, 0.15) is 15.9 Å². The van der Waals surface area contributed by atoms with E-state index in [4.69, 9.17) is 15.7 Å². The van der Waals surface area contributed by atoms with Gasteiger partial charge in [0.25, 0.3) is 5.91 Å². The molecule has 21 heavy (non-hydrogen) atoms. The Morgan fingerprint density at radius 2 is 2.19 bits per heavy atom. The average Bonchev–Trinajstić information content (AvgIpc) is 2.49. The van der Waals surface area contributed by atoms with Gasteiger partial charge in [-0.3, -0.25) is 4.79 Å². The first-order valence-electron chi connectivity index (χ1n) is 6.28. The maximum Gasteiger partial charge on any atom is 0.257 e. The fraction of sp³-hybridized carbons (Fsp3) is 0.385. The van der Waals surface area contributed by atoms with Gasteiger partial charge in [0.1, 0.15) is 17.7 Å². The van der Waals surface area contributed by atoms with Crippen molar-refractivity contribution in [1.29, 1.82) is 0 Å². The van der Waals surface area contributed by atoms with Gasteiger partial charge in [-0.25, -0.2) is 8.78 Å². The summed E-state index contributed by atoms with van der Waals surface area (Å²) in [6.07, 6.45) is -0.752. The number of halogens is 2. The highest BCUT2D eigenvalue weighted by Gasteiger charge is 2.29. The topological polar surface area (TPSA) is 88.2 Å². The van der Waals surface area contributed by atoms with Crippen LogP contribution in [0.2, 0.25) is 0 Å². The number of aryl methyl sites for hydroxylation is 1. The average molecular weight is 299 g/mol. The zero-order valence-electron chi connectivity index (χ0n) is 11.3. The number of carbonyl (C=O) groups excluding carboxylic acids is 1. The molecule has 1 aliphatic heterocycles. The van der Waals surface area contributed by atoms with Crippen LogP contribution >= 0.6 is 0 Å². The van der Waals surface area contributed by atoms with Gasteiger partial charge in [0, 0.05) is 12.6 Å². The lowest BCUT2D eigenvalue weighted by Gasteiger charge is -2.32. The number of ether oxygens (including phenoxy) is 1. The molecule has 3 N–H and O–H groups in total. The van der Waals surface area contributed by atoms with E-state index in [1.165, 1.54) is 17.9 Å². The smallest absolute Gasteiger partial charge is 0.257 e. The van der Waals surface area contributed by atoms with Crippen molar-refractivity contribution >= 4 is 11.7 Å². The summed E-state index contributed by atoms with van der Waals surface area (Å²) in [6, 6.07) is 1.85. The van der Waals surface area contributed by atoms with Gasteiger partial charge in [-0.15, -0.1) is 0 Å². The Hall–Kier alpha value is -2.22. The molecule has 8 heteroatoms. The summed E-state index contributed by atoms with van der Waals surface area (Å²) in [6.45, 7) is 1.90. The first kappa shape index (κ1) is 15.2. The number of nitrogens with zero attached hydrogens (tertiary/aromatic N) is 2. The summed E-state index contributed by atoms with van der Waals surface area (Å²) in [5, 5.41) is 11.4. The number of hydrogen-bond acceptors (Lipinski definition) is 4. The number of oxime groups is 1. The number of amidine groups is 1. The monoisotopic (exact) mass is 299 g/mol. The van der Waals surface area contributed by atoms with Gasteiger partial charge in [0.2, 0.25) is 0 Å². The van der Waals surface area contributed by atoms with Crippen LogP contribution in [-0.4, -0.2) is 47.7 Å². The molecule has 1 aromatic rings. The largest absolute Gasteiger partial charge is 0.409 e. The highest BCUT2D eigenvalue weighted by atomic mass is 19.1. The van der Waals surface area contributed by atoms with Crippen molar-refractivity contribution in [2.45, 2.75) is 13.0 Å². The standard InChI is InChI=1S/C13H15F2N3O3/c1-7-4-8(10(15)5-9(7)14)13(19)18-2-3-21-11(6-18)12(16)17-20/h4-5,11,20H,2-3,6H2,1H3,(H2,16,17). The molecule has 1 heterocycles. The zero-order valence-corrected chi connectivity index (χ0v) is 11.3. The van der Waals surface area contributed by atoms with Gasteiger partial charge in [0.15, 0.2) is 5.84 Å². The number of nitrogens with two attached hydrogens (primary N) is 1. The molecular weight excluding hydrogens is 284 g/mol. The Labute approximate surface area is 119 Å². The van der Waals surface area contributed by atoms with Gasteiger partial charge in [0.05, 0.1) is 18.7 Å². The number of amides is 1. The normalized spacial score (nSPS) is 19.7. The van der Waals surface area contributed by atoms with E-state index in [0.29, 0.717) is 6.07 Å². The third-order valence-corrected chi connectivity index (χ3v) is 3.28. The number of rotatable bonds is 2. The fourth-order valence-electron chi connectivity index (χ4n) is 2.07. The van der Waals surface area contributed by atoms with Crippen molar-refractivity contribution in [3.8, 4) is 0 Å². The third-order valence-electron chi connectivity index (χ3n) is 3.28. The first-order chi connectivity index (χ1) is 9.93. The summed E-state index contributed by atoms with van der Waals surface area (Å²) in [7, 11) is 0. The van der Waals surface area contributed by atoms with E-state index in [0.717, 1.165) is 0 Å². The predicted octanol–water partition coefficient (Wildman–Crippen LogP) is 0.861. The second-order valence-electron chi connectivity index (χ2n) is 4.72. The Kier molecular flexibility index (Phi) is 4.37. The Balaban J connectivity index is 2.22. The van der Waals surface area contributed by atoms with Crippen LogP contribution in [0.5, 0.6) is 0 Å². The Morgan fingerprint density at radius 1 is 1.48 bits per heavy atom. The first-order valence-corrected chi connectivity index (χ1v) is 6.28. The van der Waals surface area contributed by atoms with Crippen LogP contribution in [-0.2, 0) is 4.74 Å². The molecule has 0 saturated carbocycles. The molecule has 1 atom stereocenters. The van der Waals surface area contributed by atoms with Gasteiger partial charge < -0.3 is 20.6 Å². The van der Waals surface area contributed by atoms with Crippen molar-refractivity contribution < 1.29 is 23.5 Å². The number of carbonyl (C=O) groups is 1. The summed E-state index contributed by atoms with van der Waals surface area (Å²) in [4.78, 5) is 13.6. The molecule has 1 aromatic carbocycles. The Morgan fingerprint density at radius 3 is 2.86 bits per heavy atom. The number of benzene rings is 1. The van der Waals surface area contributed by atoms with Crippen molar-refractivity contribution in [2.75, 3.05) is 19.7 Å². The summed E-state index contributed by atoms with van der Waals surface area (Å²) >= 11 is 0. The number of hydrogen-bond donors (Lipinski definition) is 2. The van der Waals surface area contributed by atoms with Gasteiger partial charge in [-0.05, 0) is 18.6 Å². The lowest BCUT2D eigenvalue weighted by Crippen LogP contribution is -2.50. The van der Waals surface area contributed by atoms with Gasteiger partial charge in [-0.2, -0.15) is 0 Å². The van der Waals surface area contributed by atoms with Crippen molar-refractivity contribution in [3.63, 3.8) is 0 Å². The number of morpholine rings is 1. The minimum atomic E-state index is -0.921. The van der Waals surface area contributed by atoms with Crippen LogP contribution in [0.25, 0.3) is 0 Å². The van der Waals surface area contributed by atoms with Gasteiger partial charge in [-0.1, -0.05) is 5.16 Å². The van der Waals surface area contributed by atoms with Crippen LogP contribution < -0.4 is 5.73 Å². The molecule has 6 nitrogen and oxygen atoms in total. The fourth-order valence-corrected chi connectivity index (χ4v) is 2.07. The molecule has 114 valence electrons. The SMILES string of the molecule is Cc1cc(C(=O)N2CCOC(/C(N)=N/O)C2)c(F)cc1F. The molecule has 1 saturated heterocycles. The highest BCUT2D eigenvalue weighted by molar-refractivity contribution is 5.95. The molecule has 1 unspecified atom stereocenters. The van der Waals surface area contributed by atoms with Gasteiger partial charge >= 0.3 is 0 Å². The predicted molar refractivity (Wildman–Crippen MR) is 70.1 cm³/mol. The van der Waals surface area contributed by atoms with Crippen LogP contribution in [0.3, 0.4) is 0 Å². The maximum atomic E-state index is 13.8. The Bertz CT molecular complexity index is 592. The highest BCUT2D eigenvalue weighted by Crippen LogP contribution is 2.18. The minimum absolute atomic E-state index is 0.0323. The van der Waals surface area contributed by atoms with E-state index in [-0.39, 0.29) is 36.7 Å². The zero-order chi connectivity index (χ0) is 15.6. The quantitative estimate of drug-likeness (QED) is 0.367.